The van der Waals surface area contributed by atoms with Crippen LogP contribution in [0, 0.1) is 20.8 Å². The summed E-state index contributed by atoms with van der Waals surface area (Å²) in [6, 6.07) is 6.56. The number of hydrogen-bond donors (Lipinski definition) is 1. The molecule has 1 fully saturated rings. The molecule has 178 valence electrons. The smallest absolute Gasteiger partial charge is 0.194 e. The van der Waals surface area contributed by atoms with Gasteiger partial charge in [0.05, 0.1) is 0 Å². The number of aliphatic imine (C=N–C) groups is 1. The number of halogens is 1. The van der Waals surface area contributed by atoms with Gasteiger partial charge in [-0.05, 0) is 51.3 Å². The first-order valence-electron chi connectivity index (χ1n) is 11.3. The lowest BCUT2D eigenvalue weighted by atomic mass is 10.1. The fourth-order valence-corrected chi connectivity index (χ4v) is 3.76. The molecule has 1 aromatic carbocycles. The van der Waals surface area contributed by atoms with Crippen LogP contribution < -0.4 is 10.2 Å². The SMILES string of the molecule is CCOCCCNC(=NCc1nnc(C)n1C)N1CCN(c2cccc(C)c2C)CC1.I. The van der Waals surface area contributed by atoms with Crippen molar-refractivity contribution in [2.24, 2.45) is 12.0 Å². The Morgan fingerprint density at radius 3 is 2.53 bits per heavy atom. The summed E-state index contributed by atoms with van der Waals surface area (Å²) in [5, 5.41) is 11.9. The second-order valence-corrected chi connectivity index (χ2v) is 8.03. The highest BCUT2D eigenvalue weighted by Gasteiger charge is 2.21. The topological polar surface area (TPSA) is 70.8 Å². The summed E-state index contributed by atoms with van der Waals surface area (Å²) in [6.45, 7) is 15.1. The van der Waals surface area contributed by atoms with E-state index in [-0.39, 0.29) is 24.0 Å². The van der Waals surface area contributed by atoms with Gasteiger partial charge in [0.1, 0.15) is 12.4 Å². The van der Waals surface area contributed by atoms with Crippen molar-refractivity contribution >= 4 is 35.6 Å². The van der Waals surface area contributed by atoms with E-state index in [2.05, 4.69) is 57.4 Å². The van der Waals surface area contributed by atoms with Crippen molar-refractivity contribution in [3.05, 3.63) is 41.0 Å². The summed E-state index contributed by atoms with van der Waals surface area (Å²) >= 11 is 0. The molecule has 2 heterocycles. The molecule has 2 aromatic rings. The number of aryl methyl sites for hydroxylation is 2. The number of nitrogens with zero attached hydrogens (tertiary/aromatic N) is 6. The van der Waals surface area contributed by atoms with E-state index in [9.17, 15) is 0 Å². The normalized spacial score (nSPS) is 14.5. The molecule has 0 saturated carbocycles. The van der Waals surface area contributed by atoms with E-state index in [1.54, 1.807) is 0 Å². The molecule has 0 unspecified atom stereocenters. The molecule has 0 radical (unpaired) electrons. The molecule has 0 aliphatic carbocycles. The summed E-state index contributed by atoms with van der Waals surface area (Å²) < 4.78 is 7.47. The van der Waals surface area contributed by atoms with Crippen molar-refractivity contribution in [3.63, 3.8) is 0 Å². The van der Waals surface area contributed by atoms with Gasteiger partial charge in [0.2, 0.25) is 0 Å². The van der Waals surface area contributed by atoms with Crippen molar-refractivity contribution in [3.8, 4) is 0 Å². The fourth-order valence-electron chi connectivity index (χ4n) is 3.76. The number of piperazine rings is 1. The minimum atomic E-state index is 0. The summed E-state index contributed by atoms with van der Waals surface area (Å²) in [5.74, 6) is 2.72. The number of hydrogen-bond acceptors (Lipinski definition) is 5. The van der Waals surface area contributed by atoms with Gasteiger partial charge in [0, 0.05) is 58.7 Å². The molecular weight excluding hydrogens is 517 g/mol. The van der Waals surface area contributed by atoms with Gasteiger partial charge in [-0.25, -0.2) is 4.99 Å². The zero-order valence-corrected chi connectivity index (χ0v) is 22.4. The number of rotatable bonds is 8. The molecule has 1 aliphatic rings. The number of guanidine groups is 1. The van der Waals surface area contributed by atoms with E-state index in [0.29, 0.717) is 6.54 Å². The summed E-state index contributed by atoms with van der Waals surface area (Å²) in [5.41, 5.74) is 4.06. The standard InChI is InChI=1S/C23H37N7O.HI/c1-6-31-16-8-11-24-23(25-17-22-27-26-20(4)28(22)5)30-14-12-29(13-15-30)21-10-7-9-18(2)19(21)3;/h7,9-10H,6,8,11-17H2,1-5H3,(H,24,25);1H. The summed E-state index contributed by atoms with van der Waals surface area (Å²) in [6.07, 6.45) is 0.957. The third-order valence-electron chi connectivity index (χ3n) is 6.00. The van der Waals surface area contributed by atoms with Gasteiger partial charge in [0.25, 0.3) is 0 Å². The van der Waals surface area contributed by atoms with Crippen LogP contribution in [0.25, 0.3) is 0 Å². The van der Waals surface area contributed by atoms with Gasteiger partial charge in [-0.3, -0.25) is 0 Å². The van der Waals surface area contributed by atoms with E-state index in [1.807, 2.05) is 25.5 Å². The highest BCUT2D eigenvalue weighted by atomic mass is 127. The monoisotopic (exact) mass is 555 g/mol. The fraction of sp³-hybridized carbons (Fsp3) is 0.609. The second kappa shape index (κ2) is 13.0. The Bertz CT molecular complexity index is 875. The highest BCUT2D eigenvalue weighted by Crippen LogP contribution is 2.23. The largest absolute Gasteiger partial charge is 0.382 e. The van der Waals surface area contributed by atoms with E-state index >= 15 is 0 Å². The molecule has 32 heavy (non-hydrogen) atoms. The molecule has 3 rings (SSSR count). The Morgan fingerprint density at radius 2 is 1.88 bits per heavy atom. The van der Waals surface area contributed by atoms with Crippen molar-refractivity contribution in [2.75, 3.05) is 50.8 Å². The predicted octanol–water partition coefficient (Wildman–Crippen LogP) is 3.05. The zero-order valence-electron chi connectivity index (χ0n) is 20.1. The van der Waals surface area contributed by atoms with E-state index in [4.69, 9.17) is 9.73 Å². The van der Waals surface area contributed by atoms with Crippen molar-refractivity contribution in [1.82, 2.24) is 25.0 Å². The third-order valence-corrected chi connectivity index (χ3v) is 6.00. The van der Waals surface area contributed by atoms with Gasteiger partial charge in [0.15, 0.2) is 11.8 Å². The lowest BCUT2D eigenvalue weighted by Crippen LogP contribution is -2.53. The van der Waals surface area contributed by atoms with E-state index in [1.165, 1.54) is 16.8 Å². The van der Waals surface area contributed by atoms with Crippen molar-refractivity contribution in [1.29, 1.82) is 0 Å². The molecular formula is C23H38IN7O. The van der Waals surface area contributed by atoms with Crippen LogP contribution in [0.15, 0.2) is 23.2 Å². The molecule has 1 aliphatic heterocycles. The van der Waals surface area contributed by atoms with Crippen LogP contribution >= 0.6 is 24.0 Å². The number of anilines is 1. The molecule has 0 atom stereocenters. The van der Waals surface area contributed by atoms with Crippen LogP contribution in [0.4, 0.5) is 5.69 Å². The Labute approximate surface area is 209 Å². The van der Waals surface area contributed by atoms with Crippen molar-refractivity contribution < 1.29 is 4.74 Å². The van der Waals surface area contributed by atoms with Gasteiger partial charge in [-0.1, -0.05) is 12.1 Å². The van der Waals surface area contributed by atoms with Gasteiger partial charge >= 0.3 is 0 Å². The van der Waals surface area contributed by atoms with Gasteiger partial charge in [-0.15, -0.1) is 34.2 Å². The summed E-state index contributed by atoms with van der Waals surface area (Å²) in [4.78, 5) is 9.72. The maximum atomic E-state index is 5.47. The van der Waals surface area contributed by atoms with Crippen LogP contribution in [0.3, 0.4) is 0 Å². The average Bonchev–Trinajstić information content (AvgIpc) is 3.10. The Hall–Kier alpha value is -1.88. The Balaban J connectivity index is 0.00000363. The predicted molar refractivity (Wildman–Crippen MR) is 141 cm³/mol. The molecule has 1 N–H and O–H groups in total. The first-order valence-corrected chi connectivity index (χ1v) is 11.3. The minimum absolute atomic E-state index is 0. The summed E-state index contributed by atoms with van der Waals surface area (Å²) in [7, 11) is 1.98. The average molecular weight is 556 g/mol. The van der Waals surface area contributed by atoms with Crippen LogP contribution in [-0.2, 0) is 18.3 Å². The number of benzene rings is 1. The molecule has 9 heteroatoms. The number of ether oxygens (including phenoxy) is 1. The molecule has 8 nitrogen and oxygen atoms in total. The first-order chi connectivity index (χ1) is 15.0. The lowest BCUT2D eigenvalue weighted by Gasteiger charge is -2.38. The maximum absolute atomic E-state index is 5.47. The number of nitrogens with one attached hydrogen (secondary N) is 1. The maximum Gasteiger partial charge on any atom is 0.194 e. The molecule has 1 aromatic heterocycles. The quantitative estimate of drug-likeness (QED) is 0.234. The van der Waals surface area contributed by atoms with E-state index < -0.39 is 0 Å². The first kappa shape index (κ1) is 26.4. The van der Waals surface area contributed by atoms with Crippen molar-refractivity contribution in [2.45, 2.75) is 40.7 Å². The third kappa shape index (κ3) is 6.81. The van der Waals surface area contributed by atoms with Crippen LogP contribution in [-0.4, -0.2) is 71.6 Å². The van der Waals surface area contributed by atoms with Crippen LogP contribution in [0.2, 0.25) is 0 Å². The van der Waals surface area contributed by atoms with Gasteiger partial charge in [-0.2, -0.15) is 0 Å². The Morgan fingerprint density at radius 1 is 1.12 bits per heavy atom. The van der Waals surface area contributed by atoms with Crippen LogP contribution in [0.1, 0.15) is 36.1 Å². The zero-order chi connectivity index (χ0) is 22.2. The molecule has 0 amide bonds. The lowest BCUT2D eigenvalue weighted by molar-refractivity contribution is 0.145. The second-order valence-electron chi connectivity index (χ2n) is 8.03. The number of aromatic nitrogens is 3. The van der Waals surface area contributed by atoms with Crippen LogP contribution in [0.5, 0.6) is 0 Å². The highest BCUT2D eigenvalue weighted by molar-refractivity contribution is 14.0. The van der Waals surface area contributed by atoms with Gasteiger partial charge < -0.3 is 24.4 Å². The molecule has 0 spiro atoms. The Kier molecular flexibility index (Phi) is 10.7. The molecule has 1 saturated heterocycles. The minimum Gasteiger partial charge on any atom is -0.382 e. The molecule has 0 bridgehead atoms. The van der Waals surface area contributed by atoms with E-state index in [0.717, 1.165) is 70.0 Å².